The largest absolute Gasteiger partial charge is 0.497 e. The quantitative estimate of drug-likeness (QED) is 0.404. The lowest BCUT2D eigenvalue weighted by atomic mass is 10.0. The Morgan fingerprint density at radius 2 is 1.97 bits per heavy atom. The maximum Gasteiger partial charge on any atom is 0.229 e. The molecule has 0 saturated carbocycles. The van der Waals surface area contributed by atoms with E-state index in [0.717, 1.165) is 22.6 Å². The molecule has 0 bridgehead atoms. The molecule has 0 spiro atoms. The number of aryl methyl sites for hydroxylation is 1. The predicted molar refractivity (Wildman–Crippen MR) is 135 cm³/mol. The molecule has 180 valence electrons. The third kappa shape index (κ3) is 4.42. The van der Waals surface area contributed by atoms with Gasteiger partial charge in [0.05, 0.1) is 44.2 Å². The summed E-state index contributed by atoms with van der Waals surface area (Å²) in [5.74, 6) is 3.12. The van der Waals surface area contributed by atoms with Crippen LogP contribution in [0.4, 0.5) is 17.5 Å². The van der Waals surface area contributed by atoms with Crippen LogP contribution >= 0.6 is 11.6 Å². The second-order valence-electron chi connectivity index (χ2n) is 8.14. The zero-order valence-corrected chi connectivity index (χ0v) is 20.6. The molecular formula is C25H25ClN6O3. The average Bonchev–Trinajstić information content (AvgIpc) is 3.30. The van der Waals surface area contributed by atoms with Crippen molar-refractivity contribution in [2.45, 2.75) is 13.0 Å². The number of hydrogen-bond donors (Lipinski definition) is 1. The Morgan fingerprint density at radius 3 is 2.69 bits per heavy atom. The highest BCUT2D eigenvalue weighted by molar-refractivity contribution is 6.31. The van der Waals surface area contributed by atoms with Crippen LogP contribution in [0.5, 0.6) is 17.2 Å². The zero-order valence-electron chi connectivity index (χ0n) is 19.8. The van der Waals surface area contributed by atoms with Gasteiger partial charge in [-0.25, -0.2) is 9.97 Å². The maximum atomic E-state index is 6.53. The topological polar surface area (TPSA) is 86.6 Å². The van der Waals surface area contributed by atoms with Crippen molar-refractivity contribution in [2.75, 3.05) is 38.1 Å². The van der Waals surface area contributed by atoms with E-state index >= 15 is 0 Å². The Labute approximate surface area is 208 Å². The van der Waals surface area contributed by atoms with Crippen LogP contribution in [0.25, 0.3) is 5.69 Å². The average molecular weight is 493 g/mol. The first kappa shape index (κ1) is 22.8. The van der Waals surface area contributed by atoms with Crippen LogP contribution < -0.4 is 24.4 Å². The smallest absolute Gasteiger partial charge is 0.229 e. The highest BCUT2D eigenvalue weighted by Gasteiger charge is 2.29. The number of halogens is 1. The van der Waals surface area contributed by atoms with Crippen LogP contribution in [0.1, 0.15) is 17.3 Å². The van der Waals surface area contributed by atoms with Crippen molar-refractivity contribution in [2.24, 2.45) is 0 Å². The molecule has 1 N–H and O–H groups in total. The molecule has 5 rings (SSSR count). The number of likely N-dealkylation sites (N-methyl/N-ethyl adjacent to an activating group) is 1. The summed E-state index contributed by atoms with van der Waals surface area (Å²) < 4.78 is 18.8. The Morgan fingerprint density at radius 1 is 1.11 bits per heavy atom. The monoisotopic (exact) mass is 492 g/mol. The Kier molecular flexibility index (Phi) is 6.08. The molecular weight excluding hydrogens is 468 g/mol. The number of nitrogens with zero attached hydrogens (tertiary/aromatic N) is 5. The van der Waals surface area contributed by atoms with Crippen molar-refractivity contribution < 1.29 is 14.2 Å². The molecule has 0 fully saturated rings. The van der Waals surface area contributed by atoms with Crippen molar-refractivity contribution in [1.29, 1.82) is 0 Å². The highest BCUT2D eigenvalue weighted by Crippen LogP contribution is 2.40. The van der Waals surface area contributed by atoms with Crippen molar-refractivity contribution in [3.05, 3.63) is 71.4 Å². The van der Waals surface area contributed by atoms with E-state index < -0.39 is 0 Å². The molecule has 0 saturated heterocycles. The van der Waals surface area contributed by atoms with E-state index in [1.165, 1.54) is 0 Å². The van der Waals surface area contributed by atoms with E-state index in [1.807, 2.05) is 60.0 Å². The molecule has 9 nitrogen and oxygen atoms in total. The second kappa shape index (κ2) is 9.34. The summed E-state index contributed by atoms with van der Waals surface area (Å²) in [6, 6.07) is 11.3. The molecule has 0 amide bonds. The summed E-state index contributed by atoms with van der Waals surface area (Å²) >= 11 is 6.53. The second-order valence-corrected chi connectivity index (χ2v) is 8.55. The number of anilines is 3. The van der Waals surface area contributed by atoms with E-state index in [1.54, 1.807) is 32.8 Å². The lowest BCUT2D eigenvalue weighted by Crippen LogP contribution is -2.34. The molecule has 0 aliphatic carbocycles. The minimum atomic E-state index is -0.110. The first-order valence-electron chi connectivity index (χ1n) is 11.0. The van der Waals surface area contributed by atoms with Crippen molar-refractivity contribution >= 4 is 29.1 Å². The van der Waals surface area contributed by atoms with Gasteiger partial charge in [-0.1, -0.05) is 17.7 Å². The SMILES string of the molecule is COc1ccc(C2COc3cnc(Nc4ccc(-n5cnc(C)c5)c(OC)c4)nc3N2C)c(Cl)c1. The van der Waals surface area contributed by atoms with Gasteiger partial charge < -0.3 is 29.0 Å². The van der Waals surface area contributed by atoms with E-state index in [2.05, 4.69) is 15.3 Å². The molecule has 0 radical (unpaired) electrons. The summed E-state index contributed by atoms with van der Waals surface area (Å²) in [5, 5.41) is 3.87. The van der Waals surface area contributed by atoms with Gasteiger partial charge >= 0.3 is 0 Å². The van der Waals surface area contributed by atoms with E-state index in [9.17, 15) is 0 Å². The van der Waals surface area contributed by atoms with Gasteiger partial charge in [0.2, 0.25) is 5.95 Å². The first-order chi connectivity index (χ1) is 17.0. The van der Waals surface area contributed by atoms with E-state index in [0.29, 0.717) is 40.6 Å². The third-order valence-electron chi connectivity index (χ3n) is 5.93. The van der Waals surface area contributed by atoms with Crippen molar-refractivity contribution in [1.82, 2.24) is 19.5 Å². The van der Waals surface area contributed by atoms with Gasteiger partial charge in [-0.3, -0.25) is 0 Å². The zero-order chi connectivity index (χ0) is 24.5. The van der Waals surface area contributed by atoms with Crippen LogP contribution in [0.15, 0.2) is 55.1 Å². The fourth-order valence-electron chi connectivity index (χ4n) is 4.06. The number of methoxy groups -OCH3 is 2. The Hall–Kier alpha value is -3.98. The molecule has 1 aliphatic rings. The number of imidazole rings is 1. The molecule has 2 aromatic heterocycles. The Bertz CT molecular complexity index is 1380. The minimum absolute atomic E-state index is 0.110. The summed E-state index contributed by atoms with van der Waals surface area (Å²) in [7, 11) is 5.22. The van der Waals surface area contributed by atoms with Gasteiger partial charge in [-0.05, 0) is 36.8 Å². The number of nitrogens with one attached hydrogen (secondary N) is 1. The fraction of sp³-hybridized carbons (Fsp3) is 0.240. The number of fused-ring (bicyclic) bond motifs is 1. The molecule has 35 heavy (non-hydrogen) atoms. The standard InChI is InChI=1S/C25H25ClN6O3/c1-15-12-32(14-28-15)20-8-5-16(9-22(20)34-4)29-25-27-11-23-24(30-25)31(2)21(13-35-23)18-7-6-17(33-3)10-19(18)26/h5-12,14,21H,13H2,1-4H3,(H,27,29,30). The first-order valence-corrected chi connectivity index (χ1v) is 11.4. The summed E-state index contributed by atoms with van der Waals surface area (Å²) in [6.45, 7) is 2.37. The highest BCUT2D eigenvalue weighted by atomic mass is 35.5. The van der Waals surface area contributed by atoms with Crippen molar-refractivity contribution in [3.63, 3.8) is 0 Å². The number of ether oxygens (including phenoxy) is 3. The van der Waals surface area contributed by atoms with Crippen LogP contribution in [-0.4, -0.2) is 47.4 Å². The van der Waals surface area contributed by atoms with Gasteiger partial charge in [-0.15, -0.1) is 0 Å². The van der Waals surface area contributed by atoms with E-state index in [4.69, 9.17) is 30.8 Å². The lowest BCUT2D eigenvalue weighted by molar-refractivity contribution is 0.265. The van der Waals surface area contributed by atoms with Gasteiger partial charge in [0.15, 0.2) is 11.6 Å². The third-order valence-corrected chi connectivity index (χ3v) is 6.25. The van der Waals surface area contributed by atoms with E-state index in [-0.39, 0.29) is 6.04 Å². The van der Waals surface area contributed by atoms with Gasteiger partial charge in [0.25, 0.3) is 0 Å². The Balaban J connectivity index is 1.40. The van der Waals surface area contributed by atoms with Crippen LogP contribution in [0.2, 0.25) is 5.02 Å². The number of benzene rings is 2. The van der Waals surface area contributed by atoms with Crippen LogP contribution in [0.3, 0.4) is 0 Å². The van der Waals surface area contributed by atoms with Gasteiger partial charge in [-0.2, -0.15) is 4.98 Å². The summed E-state index contributed by atoms with van der Waals surface area (Å²) in [4.78, 5) is 15.5. The maximum absolute atomic E-state index is 6.53. The van der Waals surface area contributed by atoms with Gasteiger partial charge in [0.1, 0.15) is 18.1 Å². The molecule has 2 aromatic carbocycles. The number of rotatable bonds is 6. The molecule has 10 heteroatoms. The molecule has 4 aromatic rings. The summed E-state index contributed by atoms with van der Waals surface area (Å²) in [5.41, 5.74) is 3.54. The normalized spacial score (nSPS) is 14.8. The predicted octanol–water partition coefficient (Wildman–Crippen LogP) is 4.95. The van der Waals surface area contributed by atoms with Crippen molar-refractivity contribution in [3.8, 4) is 22.9 Å². The van der Waals surface area contributed by atoms with Crippen LogP contribution in [-0.2, 0) is 0 Å². The van der Waals surface area contributed by atoms with Crippen LogP contribution in [0, 0.1) is 6.92 Å². The minimum Gasteiger partial charge on any atom is -0.497 e. The molecule has 1 unspecified atom stereocenters. The fourth-order valence-corrected chi connectivity index (χ4v) is 4.36. The number of hydrogen-bond acceptors (Lipinski definition) is 8. The lowest BCUT2D eigenvalue weighted by Gasteiger charge is -2.35. The summed E-state index contributed by atoms with van der Waals surface area (Å²) in [6.07, 6.45) is 5.37. The van der Waals surface area contributed by atoms with Gasteiger partial charge in [0, 0.05) is 30.0 Å². The molecule has 1 atom stereocenters. The molecule has 1 aliphatic heterocycles. The molecule has 3 heterocycles. The number of aromatic nitrogens is 4.